The highest BCUT2D eigenvalue weighted by Crippen LogP contribution is 2.28. The smallest absolute Gasteiger partial charge is 0.251 e. The first-order valence-electron chi connectivity index (χ1n) is 8.41. The molecule has 0 spiro atoms. The Balaban J connectivity index is 1.63. The molecule has 0 N–H and O–H groups in total. The van der Waals surface area contributed by atoms with E-state index in [4.69, 9.17) is 4.74 Å². The molecule has 0 radical (unpaired) electrons. The Morgan fingerprint density at radius 3 is 2.55 bits per heavy atom. The van der Waals surface area contributed by atoms with Crippen LogP contribution in [0.2, 0.25) is 0 Å². The summed E-state index contributed by atoms with van der Waals surface area (Å²) in [5.74, 6) is 0.706. The monoisotopic (exact) mass is 302 g/mol. The van der Waals surface area contributed by atoms with E-state index in [2.05, 4.69) is 43.0 Å². The first kappa shape index (κ1) is 15.3. The number of amides is 1. The third kappa shape index (κ3) is 3.12. The molecule has 1 aromatic rings. The summed E-state index contributed by atoms with van der Waals surface area (Å²) in [6, 6.07) is 8.62. The maximum atomic E-state index is 12.4. The van der Waals surface area contributed by atoms with E-state index in [0.717, 1.165) is 45.6 Å². The molecule has 4 heteroatoms. The second-order valence-corrected chi connectivity index (χ2v) is 6.53. The van der Waals surface area contributed by atoms with Crippen LogP contribution in [-0.4, -0.2) is 49.7 Å². The first-order chi connectivity index (χ1) is 10.7. The van der Waals surface area contributed by atoms with Crippen LogP contribution in [0.25, 0.3) is 0 Å². The number of rotatable bonds is 3. The Morgan fingerprint density at radius 2 is 1.91 bits per heavy atom. The molecule has 1 atom stereocenters. The third-order valence-electron chi connectivity index (χ3n) is 4.70. The Hall–Kier alpha value is -1.55. The largest absolute Gasteiger partial charge is 0.368 e. The van der Waals surface area contributed by atoms with Gasteiger partial charge in [-0.2, -0.15) is 0 Å². The normalized spacial score (nSPS) is 22.4. The highest BCUT2D eigenvalue weighted by Gasteiger charge is 2.30. The van der Waals surface area contributed by atoms with E-state index < -0.39 is 0 Å². The molecule has 22 heavy (non-hydrogen) atoms. The second-order valence-electron chi connectivity index (χ2n) is 6.53. The Bertz CT molecular complexity index is 516. The molecule has 0 aliphatic carbocycles. The number of ether oxygens (including phenoxy) is 1. The molecule has 2 heterocycles. The van der Waals surface area contributed by atoms with Crippen LogP contribution < -0.4 is 4.90 Å². The molecule has 1 aromatic carbocycles. The van der Waals surface area contributed by atoms with Gasteiger partial charge in [0.15, 0.2) is 0 Å². The van der Waals surface area contributed by atoms with E-state index in [1.807, 2.05) is 4.90 Å². The zero-order valence-corrected chi connectivity index (χ0v) is 13.6. The van der Waals surface area contributed by atoms with Crippen molar-refractivity contribution in [2.24, 2.45) is 0 Å². The average molecular weight is 302 g/mol. The molecule has 4 nitrogen and oxygen atoms in total. The van der Waals surface area contributed by atoms with E-state index in [-0.39, 0.29) is 12.0 Å². The van der Waals surface area contributed by atoms with Crippen molar-refractivity contribution in [2.45, 2.75) is 38.7 Å². The van der Waals surface area contributed by atoms with E-state index in [1.165, 1.54) is 11.3 Å². The molecule has 2 fully saturated rings. The molecule has 2 aliphatic heterocycles. The average Bonchev–Trinajstić information content (AvgIpc) is 3.09. The van der Waals surface area contributed by atoms with Crippen LogP contribution in [-0.2, 0) is 9.53 Å². The molecule has 120 valence electrons. The number of carbonyl (C=O) groups excluding carboxylic acids is 1. The first-order valence-corrected chi connectivity index (χ1v) is 8.41. The van der Waals surface area contributed by atoms with Gasteiger partial charge in [0.25, 0.3) is 5.91 Å². The third-order valence-corrected chi connectivity index (χ3v) is 4.70. The molecule has 0 bridgehead atoms. The van der Waals surface area contributed by atoms with Crippen molar-refractivity contribution in [1.82, 2.24) is 4.90 Å². The zero-order valence-electron chi connectivity index (χ0n) is 13.6. The standard InChI is InChI=1S/C18H26N2O2/c1-14(2)15-6-3-4-7-16(15)19-9-11-20(12-10-19)18(21)17-8-5-13-22-17/h3-4,6-7,14,17H,5,8-13H2,1-2H3. The summed E-state index contributed by atoms with van der Waals surface area (Å²) in [6.45, 7) is 8.60. The van der Waals surface area contributed by atoms with Gasteiger partial charge >= 0.3 is 0 Å². The van der Waals surface area contributed by atoms with Gasteiger partial charge in [-0.15, -0.1) is 0 Å². The molecule has 0 saturated carbocycles. The van der Waals surface area contributed by atoms with E-state index in [9.17, 15) is 4.79 Å². The van der Waals surface area contributed by atoms with E-state index >= 15 is 0 Å². The highest BCUT2D eigenvalue weighted by atomic mass is 16.5. The van der Waals surface area contributed by atoms with Crippen molar-refractivity contribution in [3.05, 3.63) is 29.8 Å². The molecule has 2 saturated heterocycles. The van der Waals surface area contributed by atoms with Gasteiger partial charge in [-0.25, -0.2) is 0 Å². The number of piperazine rings is 1. The van der Waals surface area contributed by atoms with Gasteiger partial charge in [0.05, 0.1) is 0 Å². The minimum absolute atomic E-state index is 0.186. The molecule has 0 aromatic heterocycles. The van der Waals surface area contributed by atoms with Crippen molar-refractivity contribution < 1.29 is 9.53 Å². The fraction of sp³-hybridized carbons (Fsp3) is 0.611. The Morgan fingerprint density at radius 1 is 1.18 bits per heavy atom. The fourth-order valence-electron chi connectivity index (χ4n) is 3.41. The van der Waals surface area contributed by atoms with Crippen LogP contribution >= 0.6 is 0 Å². The quantitative estimate of drug-likeness (QED) is 0.860. The molecule has 1 amide bonds. The summed E-state index contributed by atoms with van der Waals surface area (Å²) < 4.78 is 5.53. The Kier molecular flexibility index (Phi) is 4.67. The van der Waals surface area contributed by atoms with Crippen LogP contribution in [0.15, 0.2) is 24.3 Å². The highest BCUT2D eigenvalue weighted by molar-refractivity contribution is 5.81. The summed E-state index contributed by atoms with van der Waals surface area (Å²) in [6.07, 6.45) is 1.71. The summed E-state index contributed by atoms with van der Waals surface area (Å²) in [4.78, 5) is 16.8. The topological polar surface area (TPSA) is 32.8 Å². The zero-order chi connectivity index (χ0) is 15.5. The van der Waals surface area contributed by atoms with E-state index in [1.54, 1.807) is 0 Å². The molecule has 2 aliphatic rings. The molecular formula is C18H26N2O2. The second kappa shape index (κ2) is 6.69. The lowest BCUT2D eigenvalue weighted by Gasteiger charge is -2.38. The maximum Gasteiger partial charge on any atom is 0.251 e. The lowest BCUT2D eigenvalue weighted by Crippen LogP contribution is -2.51. The maximum absolute atomic E-state index is 12.4. The van der Waals surface area contributed by atoms with E-state index in [0.29, 0.717) is 5.92 Å². The number of benzene rings is 1. The van der Waals surface area contributed by atoms with Crippen LogP contribution in [0.1, 0.15) is 38.2 Å². The van der Waals surface area contributed by atoms with Crippen LogP contribution in [0, 0.1) is 0 Å². The summed E-state index contributed by atoms with van der Waals surface area (Å²) in [7, 11) is 0. The van der Waals surface area contributed by atoms with Crippen molar-refractivity contribution in [3.8, 4) is 0 Å². The number of hydrogen-bond donors (Lipinski definition) is 0. The predicted molar refractivity (Wildman–Crippen MR) is 88.3 cm³/mol. The number of para-hydroxylation sites is 1. The summed E-state index contributed by atoms with van der Waals surface area (Å²) in [5, 5.41) is 0. The summed E-state index contributed by atoms with van der Waals surface area (Å²) >= 11 is 0. The summed E-state index contributed by atoms with van der Waals surface area (Å²) in [5.41, 5.74) is 2.71. The van der Waals surface area contributed by atoms with Gasteiger partial charge in [-0.3, -0.25) is 4.79 Å². The van der Waals surface area contributed by atoms with Crippen molar-refractivity contribution >= 4 is 11.6 Å². The predicted octanol–water partition coefficient (Wildman–Crippen LogP) is 2.64. The fourth-order valence-corrected chi connectivity index (χ4v) is 3.41. The van der Waals surface area contributed by atoms with Crippen molar-refractivity contribution in [1.29, 1.82) is 0 Å². The number of anilines is 1. The number of nitrogens with zero attached hydrogens (tertiary/aromatic N) is 2. The molecule has 1 unspecified atom stereocenters. The van der Waals surface area contributed by atoms with Gasteiger partial charge in [0.1, 0.15) is 6.10 Å². The minimum atomic E-state index is -0.186. The van der Waals surface area contributed by atoms with Gasteiger partial charge in [-0.05, 0) is 30.4 Å². The Labute approximate surface area is 133 Å². The SMILES string of the molecule is CC(C)c1ccccc1N1CCN(C(=O)C2CCCO2)CC1. The van der Waals surface area contributed by atoms with Crippen LogP contribution in [0.3, 0.4) is 0 Å². The number of hydrogen-bond acceptors (Lipinski definition) is 3. The van der Waals surface area contributed by atoms with Crippen LogP contribution in [0.5, 0.6) is 0 Å². The van der Waals surface area contributed by atoms with Gasteiger partial charge < -0.3 is 14.5 Å². The lowest BCUT2D eigenvalue weighted by molar-refractivity contribution is -0.141. The number of carbonyl (C=O) groups is 1. The van der Waals surface area contributed by atoms with Crippen LogP contribution in [0.4, 0.5) is 5.69 Å². The van der Waals surface area contributed by atoms with Gasteiger partial charge in [0.2, 0.25) is 0 Å². The van der Waals surface area contributed by atoms with Gasteiger partial charge in [-0.1, -0.05) is 32.0 Å². The lowest BCUT2D eigenvalue weighted by atomic mass is 10.00. The van der Waals surface area contributed by atoms with Gasteiger partial charge in [0, 0.05) is 38.5 Å². The molecule has 3 rings (SSSR count). The molecular weight excluding hydrogens is 276 g/mol. The minimum Gasteiger partial charge on any atom is -0.368 e. The van der Waals surface area contributed by atoms with Crippen molar-refractivity contribution in [2.75, 3.05) is 37.7 Å². The van der Waals surface area contributed by atoms with Crippen molar-refractivity contribution in [3.63, 3.8) is 0 Å².